The number of aliphatic imine (C=N–C) groups is 1. The quantitative estimate of drug-likeness (QED) is 0.339. The number of thiophene rings is 1. The molecule has 23 heavy (non-hydrogen) atoms. The third-order valence-corrected chi connectivity index (χ3v) is 4.58. The molecule has 0 fully saturated rings. The Bertz CT molecular complexity index is 488. The molecule has 5 nitrogen and oxygen atoms in total. The van der Waals surface area contributed by atoms with Gasteiger partial charge in [0.15, 0.2) is 5.96 Å². The third-order valence-electron chi connectivity index (χ3n) is 3.48. The number of amides is 1. The second-order valence-electron chi connectivity index (χ2n) is 5.97. The number of carbonyl (C=O) groups is 1. The number of rotatable bonds is 7. The summed E-state index contributed by atoms with van der Waals surface area (Å²) in [4.78, 5) is 17.5. The molecule has 132 valence electrons. The van der Waals surface area contributed by atoms with Gasteiger partial charge >= 0.3 is 0 Å². The Hall–Kier alpha value is -0.830. The molecule has 1 aromatic heterocycles. The van der Waals surface area contributed by atoms with Crippen molar-refractivity contribution in [2.75, 3.05) is 26.7 Å². The van der Waals surface area contributed by atoms with Crippen LogP contribution in [0.4, 0.5) is 0 Å². The first-order chi connectivity index (χ1) is 10.4. The summed E-state index contributed by atoms with van der Waals surface area (Å²) in [6.07, 6.45) is 0. The Labute approximate surface area is 160 Å². The minimum Gasteiger partial charge on any atom is -0.356 e. The van der Waals surface area contributed by atoms with E-state index in [1.807, 2.05) is 20.8 Å². The van der Waals surface area contributed by atoms with Gasteiger partial charge in [-0.05, 0) is 32.2 Å². The summed E-state index contributed by atoms with van der Waals surface area (Å²) >= 11 is 1.76. The van der Waals surface area contributed by atoms with Gasteiger partial charge in [0, 0.05) is 37.5 Å². The normalized spacial score (nSPS) is 13.0. The molecule has 1 atom stereocenters. The van der Waals surface area contributed by atoms with Crippen molar-refractivity contribution in [3.05, 3.63) is 22.4 Å². The Kier molecular flexibility index (Phi) is 10.5. The fraction of sp³-hybridized carbons (Fsp3) is 0.625. The molecule has 0 aliphatic rings. The molecule has 7 heteroatoms. The van der Waals surface area contributed by atoms with Crippen LogP contribution >= 0.6 is 35.3 Å². The highest BCUT2D eigenvalue weighted by Gasteiger charge is 2.27. The zero-order valence-electron chi connectivity index (χ0n) is 14.6. The Morgan fingerprint density at radius 1 is 1.35 bits per heavy atom. The van der Waals surface area contributed by atoms with Gasteiger partial charge in [0.25, 0.3) is 0 Å². The minimum absolute atomic E-state index is 0. The zero-order valence-corrected chi connectivity index (χ0v) is 17.7. The highest BCUT2D eigenvalue weighted by molar-refractivity contribution is 14.0. The molecule has 0 saturated heterocycles. The van der Waals surface area contributed by atoms with Gasteiger partial charge < -0.3 is 16.0 Å². The van der Waals surface area contributed by atoms with Crippen molar-refractivity contribution in [1.29, 1.82) is 0 Å². The maximum absolute atomic E-state index is 12.0. The molecule has 0 saturated carbocycles. The van der Waals surface area contributed by atoms with E-state index in [4.69, 9.17) is 0 Å². The zero-order chi connectivity index (χ0) is 16.6. The Balaban J connectivity index is 0.00000484. The Morgan fingerprint density at radius 3 is 2.57 bits per heavy atom. The molecule has 1 heterocycles. The maximum atomic E-state index is 12.0. The second kappa shape index (κ2) is 10.9. The van der Waals surface area contributed by atoms with Crippen LogP contribution in [0.25, 0.3) is 0 Å². The van der Waals surface area contributed by atoms with Crippen LogP contribution in [-0.2, 0) is 4.79 Å². The molecular formula is C16H29IN4OS. The first-order valence-electron chi connectivity index (χ1n) is 7.67. The largest absolute Gasteiger partial charge is 0.356 e. The second-order valence-corrected chi connectivity index (χ2v) is 6.95. The van der Waals surface area contributed by atoms with Crippen LogP contribution in [0.1, 0.15) is 38.5 Å². The molecule has 0 aromatic carbocycles. The first kappa shape index (κ1) is 22.2. The number of halogens is 1. The summed E-state index contributed by atoms with van der Waals surface area (Å²) in [6.45, 7) is 9.94. The summed E-state index contributed by atoms with van der Waals surface area (Å²) in [7, 11) is 1.74. The van der Waals surface area contributed by atoms with E-state index in [0.29, 0.717) is 19.0 Å². The monoisotopic (exact) mass is 452 g/mol. The van der Waals surface area contributed by atoms with Crippen LogP contribution in [-0.4, -0.2) is 38.5 Å². The molecule has 0 bridgehead atoms. The predicted molar refractivity (Wildman–Crippen MR) is 110 cm³/mol. The van der Waals surface area contributed by atoms with Crippen LogP contribution in [0, 0.1) is 5.41 Å². The molecule has 1 amide bonds. The van der Waals surface area contributed by atoms with E-state index in [9.17, 15) is 4.79 Å². The lowest BCUT2D eigenvalue weighted by Gasteiger charge is -2.25. The molecule has 3 N–H and O–H groups in total. The number of guanidine groups is 1. The Morgan fingerprint density at radius 2 is 2.04 bits per heavy atom. The summed E-state index contributed by atoms with van der Waals surface area (Å²) in [5.41, 5.74) is -0.479. The van der Waals surface area contributed by atoms with Crippen molar-refractivity contribution in [2.24, 2.45) is 10.4 Å². The van der Waals surface area contributed by atoms with Gasteiger partial charge in [-0.3, -0.25) is 9.79 Å². The van der Waals surface area contributed by atoms with Crippen molar-refractivity contribution in [1.82, 2.24) is 16.0 Å². The van der Waals surface area contributed by atoms with Crippen LogP contribution in [0.15, 0.2) is 22.5 Å². The molecule has 0 radical (unpaired) electrons. The van der Waals surface area contributed by atoms with Crippen molar-refractivity contribution in [2.45, 2.75) is 33.6 Å². The maximum Gasteiger partial charge on any atom is 0.227 e. The number of nitrogens with one attached hydrogen (secondary N) is 3. The lowest BCUT2D eigenvalue weighted by Crippen LogP contribution is -2.48. The molecule has 1 aromatic rings. The van der Waals surface area contributed by atoms with E-state index in [1.165, 1.54) is 4.88 Å². The average Bonchev–Trinajstić information content (AvgIpc) is 3.01. The van der Waals surface area contributed by atoms with E-state index in [0.717, 1.165) is 12.5 Å². The minimum atomic E-state index is -0.479. The summed E-state index contributed by atoms with van der Waals surface area (Å²) in [5, 5.41) is 11.5. The molecule has 1 rings (SSSR count). The standard InChI is InChI=1S/C16H28N4OS.HI/c1-6-18-14(21)16(3,4)11-20-15(17-5)19-10-12(2)13-8-7-9-22-13;/h7-9,12H,6,10-11H2,1-5H3,(H,18,21)(H2,17,19,20);1H. The fourth-order valence-electron chi connectivity index (χ4n) is 1.93. The van der Waals surface area contributed by atoms with Gasteiger partial charge in [0.1, 0.15) is 0 Å². The molecule has 0 spiro atoms. The molecular weight excluding hydrogens is 423 g/mol. The molecule has 1 unspecified atom stereocenters. The fourth-order valence-corrected chi connectivity index (χ4v) is 2.71. The van der Waals surface area contributed by atoms with E-state index in [-0.39, 0.29) is 29.9 Å². The van der Waals surface area contributed by atoms with Crippen molar-refractivity contribution in [3.63, 3.8) is 0 Å². The van der Waals surface area contributed by atoms with Gasteiger partial charge in [0.05, 0.1) is 5.41 Å². The summed E-state index contributed by atoms with van der Waals surface area (Å²) in [6, 6.07) is 4.21. The van der Waals surface area contributed by atoms with E-state index >= 15 is 0 Å². The highest BCUT2D eigenvalue weighted by Crippen LogP contribution is 2.19. The highest BCUT2D eigenvalue weighted by atomic mass is 127. The number of hydrogen-bond acceptors (Lipinski definition) is 3. The van der Waals surface area contributed by atoms with Gasteiger partial charge in [0.2, 0.25) is 5.91 Å². The van der Waals surface area contributed by atoms with Gasteiger partial charge in [-0.15, -0.1) is 35.3 Å². The lowest BCUT2D eigenvalue weighted by molar-refractivity contribution is -0.128. The number of nitrogens with zero attached hydrogens (tertiary/aromatic N) is 1. The summed E-state index contributed by atoms with van der Waals surface area (Å²) < 4.78 is 0. The predicted octanol–water partition coefficient (Wildman–Crippen LogP) is 2.80. The van der Waals surface area contributed by atoms with E-state index < -0.39 is 5.41 Å². The van der Waals surface area contributed by atoms with Crippen LogP contribution in [0.3, 0.4) is 0 Å². The van der Waals surface area contributed by atoms with Gasteiger partial charge in [-0.25, -0.2) is 0 Å². The van der Waals surface area contributed by atoms with Gasteiger partial charge in [-0.1, -0.05) is 13.0 Å². The number of carbonyl (C=O) groups excluding carboxylic acids is 1. The van der Waals surface area contributed by atoms with Crippen molar-refractivity contribution >= 4 is 47.2 Å². The van der Waals surface area contributed by atoms with Crippen molar-refractivity contribution < 1.29 is 4.79 Å². The smallest absolute Gasteiger partial charge is 0.227 e. The van der Waals surface area contributed by atoms with E-state index in [2.05, 4.69) is 45.4 Å². The van der Waals surface area contributed by atoms with Crippen LogP contribution in [0.5, 0.6) is 0 Å². The van der Waals surface area contributed by atoms with Crippen LogP contribution in [0.2, 0.25) is 0 Å². The molecule has 0 aliphatic heterocycles. The third kappa shape index (κ3) is 7.52. The SMILES string of the molecule is CCNC(=O)C(C)(C)CNC(=NC)NCC(C)c1cccs1.I. The van der Waals surface area contributed by atoms with Gasteiger partial charge in [-0.2, -0.15) is 0 Å². The number of hydrogen-bond donors (Lipinski definition) is 3. The first-order valence-corrected chi connectivity index (χ1v) is 8.55. The topological polar surface area (TPSA) is 65.5 Å². The van der Waals surface area contributed by atoms with E-state index in [1.54, 1.807) is 18.4 Å². The van der Waals surface area contributed by atoms with Crippen molar-refractivity contribution in [3.8, 4) is 0 Å². The lowest BCUT2D eigenvalue weighted by atomic mass is 9.92. The van der Waals surface area contributed by atoms with Crippen LogP contribution < -0.4 is 16.0 Å². The summed E-state index contributed by atoms with van der Waals surface area (Å²) in [5.74, 6) is 1.20. The molecule has 0 aliphatic carbocycles. The average molecular weight is 452 g/mol.